The Morgan fingerprint density at radius 1 is 1.18 bits per heavy atom. The van der Waals surface area contributed by atoms with Crippen LogP contribution in [-0.4, -0.2) is 12.1 Å². The number of nitrogens with one attached hydrogen (secondary N) is 1. The van der Waals surface area contributed by atoms with E-state index in [1.54, 1.807) is 0 Å². The summed E-state index contributed by atoms with van der Waals surface area (Å²) in [6.07, 6.45) is 8.67. The molecule has 0 amide bonds. The molecular weight excluding hydrogens is 134 g/mol. The molecule has 0 saturated carbocycles. The highest BCUT2D eigenvalue weighted by Crippen LogP contribution is 1.99. The highest BCUT2D eigenvalue weighted by Gasteiger charge is 2.07. The zero-order valence-corrected chi connectivity index (χ0v) is 7.85. The number of terminal acetylenes is 1. The molecule has 11 heavy (non-hydrogen) atoms. The van der Waals surface area contributed by atoms with Gasteiger partial charge in [-0.25, -0.2) is 0 Å². The van der Waals surface area contributed by atoms with Gasteiger partial charge < -0.3 is 5.32 Å². The first-order valence-electron chi connectivity index (χ1n) is 4.50. The Balaban J connectivity index is 3.70. The van der Waals surface area contributed by atoms with Gasteiger partial charge in [-0.3, -0.25) is 0 Å². The van der Waals surface area contributed by atoms with Gasteiger partial charge in [0.2, 0.25) is 0 Å². The van der Waals surface area contributed by atoms with Gasteiger partial charge in [-0.15, -0.1) is 6.42 Å². The quantitative estimate of drug-likeness (QED) is 0.597. The summed E-state index contributed by atoms with van der Waals surface area (Å²) in [6.45, 7) is 6.48. The van der Waals surface area contributed by atoms with Crippen LogP contribution in [0.3, 0.4) is 0 Å². The lowest BCUT2D eigenvalue weighted by Gasteiger charge is -2.18. The standard InChI is InChI=1S/C10H19N/c1-5-9(6-2)11-10(7-3)8-4/h1,9-11H,6-8H2,2-4H3. The summed E-state index contributed by atoms with van der Waals surface area (Å²) >= 11 is 0. The topological polar surface area (TPSA) is 12.0 Å². The highest BCUT2D eigenvalue weighted by molar-refractivity contribution is 4.98. The Morgan fingerprint density at radius 2 is 1.73 bits per heavy atom. The number of hydrogen-bond donors (Lipinski definition) is 1. The van der Waals surface area contributed by atoms with Crippen molar-refractivity contribution in [2.24, 2.45) is 0 Å². The first kappa shape index (κ1) is 10.5. The Bertz CT molecular complexity index is 119. The minimum absolute atomic E-state index is 0.264. The third kappa shape index (κ3) is 4.06. The van der Waals surface area contributed by atoms with Crippen molar-refractivity contribution in [1.29, 1.82) is 0 Å². The van der Waals surface area contributed by atoms with Crippen LogP contribution in [0, 0.1) is 12.3 Å². The van der Waals surface area contributed by atoms with Gasteiger partial charge in [0.05, 0.1) is 6.04 Å². The van der Waals surface area contributed by atoms with E-state index in [1.165, 1.54) is 0 Å². The summed E-state index contributed by atoms with van der Waals surface area (Å²) in [5.74, 6) is 2.74. The zero-order chi connectivity index (χ0) is 8.69. The maximum absolute atomic E-state index is 5.33. The summed E-state index contributed by atoms with van der Waals surface area (Å²) in [7, 11) is 0. The van der Waals surface area contributed by atoms with E-state index in [0.717, 1.165) is 19.3 Å². The average molecular weight is 153 g/mol. The predicted octanol–water partition coefficient (Wildman–Crippen LogP) is 2.18. The highest BCUT2D eigenvalue weighted by atomic mass is 14.9. The SMILES string of the molecule is C#CC(CC)NC(CC)CC. The average Bonchev–Trinajstić information content (AvgIpc) is 2.07. The molecule has 0 saturated heterocycles. The van der Waals surface area contributed by atoms with Crippen LogP contribution in [0.15, 0.2) is 0 Å². The molecule has 0 aromatic heterocycles. The van der Waals surface area contributed by atoms with Crippen molar-refractivity contribution < 1.29 is 0 Å². The predicted molar refractivity (Wildman–Crippen MR) is 50.4 cm³/mol. The van der Waals surface area contributed by atoms with Gasteiger partial charge in [-0.1, -0.05) is 26.7 Å². The maximum Gasteiger partial charge on any atom is 0.0686 e. The van der Waals surface area contributed by atoms with Crippen LogP contribution in [0.1, 0.15) is 40.0 Å². The number of hydrogen-bond acceptors (Lipinski definition) is 1. The molecule has 0 fully saturated rings. The summed E-state index contributed by atoms with van der Waals surface area (Å²) in [6, 6.07) is 0.857. The molecule has 0 rings (SSSR count). The second-order valence-corrected chi connectivity index (χ2v) is 2.81. The van der Waals surface area contributed by atoms with Crippen LogP contribution in [-0.2, 0) is 0 Å². The molecular formula is C10H19N. The van der Waals surface area contributed by atoms with E-state index in [9.17, 15) is 0 Å². The first-order valence-corrected chi connectivity index (χ1v) is 4.50. The van der Waals surface area contributed by atoms with Crippen LogP contribution in [0.5, 0.6) is 0 Å². The van der Waals surface area contributed by atoms with E-state index in [1.807, 2.05) is 0 Å². The summed E-state index contributed by atoms with van der Waals surface area (Å²) in [5.41, 5.74) is 0. The Labute approximate surface area is 70.6 Å². The maximum atomic E-state index is 5.33. The van der Waals surface area contributed by atoms with E-state index in [4.69, 9.17) is 6.42 Å². The van der Waals surface area contributed by atoms with Crippen LogP contribution in [0.2, 0.25) is 0 Å². The first-order chi connectivity index (χ1) is 5.28. The van der Waals surface area contributed by atoms with E-state index in [-0.39, 0.29) is 6.04 Å². The fourth-order valence-corrected chi connectivity index (χ4v) is 1.09. The Hall–Kier alpha value is -0.480. The van der Waals surface area contributed by atoms with Gasteiger partial charge >= 0.3 is 0 Å². The Kier molecular flexibility index (Phi) is 5.97. The summed E-state index contributed by atoms with van der Waals surface area (Å²) in [5, 5.41) is 3.42. The van der Waals surface area contributed by atoms with Gasteiger partial charge in [-0.2, -0.15) is 0 Å². The molecule has 1 N–H and O–H groups in total. The van der Waals surface area contributed by atoms with E-state index < -0.39 is 0 Å². The van der Waals surface area contributed by atoms with Gasteiger partial charge in [0.1, 0.15) is 0 Å². The fourth-order valence-electron chi connectivity index (χ4n) is 1.09. The lowest BCUT2D eigenvalue weighted by molar-refractivity contribution is 0.446. The van der Waals surface area contributed by atoms with E-state index in [2.05, 4.69) is 32.0 Å². The molecule has 0 spiro atoms. The molecule has 1 atom stereocenters. The second kappa shape index (κ2) is 6.24. The molecule has 0 aliphatic heterocycles. The molecule has 64 valence electrons. The fraction of sp³-hybridized carbons (Fsp3) is 0.800. The van der Waals surface area contributed by atoms with E-state index in [0.29, 0.717) is 6.04 Å². The molecule has 1 nitrogen and oxygen atoms in total. The minimum atomic E-state index is 0.264. The van der Waals surface area contributed by atoms with E-state index >= 15 is 0 Å². The molecule has 1 heteroatoms. The van der Waals surface area contributed by atoms with Crippen LogP contribution >= 0.6 is 0 Å². The van der Waals surface area contributed by atoms with Gasteiger partial charge in [0.25, 0.3) is 0 Å². The molecule has 0 aromatic rings. The second-order valence-electron chi connectivity index (χ2n) is 2.81. The van der Waals surface area contributed by atoms with Crippen molar-refractivity contribution in [3.05, 3.63) is 0 Å². The number of rotatable bonds is 5. The van der Waals surface area contributed by atoms with Crippen molar-refractivity contribution in [2.45, 2.75) is 52.1 Å². The lowest BCUT2D eigenvalue weighted by atomic mass is 10.1. The molecule has 0 aliphatic rings. The van der Waals surface area contributed by atoms with Crippen molar-refractivity contribution in [3.8, 4) is 12.3 Å². The van der Waals surface area contributed by atoms with Crippen molar-refractivity contribution in [2.75, 3.05) is 0 Å². The summed E-state index contributed by atoms with van der Waals surface area (Å²) < 4.78 is 0. The molecule has 0 heterocycles. The molecule has 0 aromatic carbocycles. The smallest absolute Gasteiger partial charge is 0.0686 e. The normalized spacial score (nSPS) is 13.0. The Morgan fingerprint density at radius 3 is 2.00 bits per heavy atom. The van der Waals surface area contributed by atoms with Crippen molar-refractivity contribution in [1.82, 2.24) is 5.32 Å². The van der Waals surface area contributed by atoms with Crippen molar-refractivity contribution in [3.63, 3.8) is 0 Å². The van der Waals surface area contributed by atoms with Crippen LogP contribution in [0.25, 0.3) is 0 Å². The third-order valence-corrected chi connectivity index (χ3v) is 2.03. The largest absolute Gasteiger partial charge is 0.301 e. The monoisotopic (exact) mass is 153 g/mol. The van der Waals surface area contributed by atoms with Crippen molar-refractivity contribution >= 4 is 0 Å². The zero-order valence-electron chi connectivity index (χ0n) is 7.85. The molecule has 0 bridgehead atoms. The van der Waals surface area contributed by atoms with Gasteiger partial charge in [0, 0.05) is 6.04 Å². The molecule has 0 radical (unpaired) electrons. The van der Waals surface area contributed by atoms with Crippen LogP contribution < -0.4 is 5.32 Å². The van der Waals surface area contributed by atoms with Gasteiger partial charge in [0.15, 0.2) is 0 Å². The molecule has 0 aliphatic carbocycles. The lowest BCUT2D eigenvalue weighted by Crippen LogP contribution is -2.36. The minimum Gasteiger partial charge on any atom is -0.301 e. The van der Waals surface area contributed by atoms with Gasteiger partial charge in [-0.05, 0) is 19.3 Å². The summed E-state index contributed by atoms with van der Waals surface area (Å²) in [4.78, 5) is 0. The van der Waals surface area contributed by atoms with Crippen LogP contribution in [0.4, 0.5) is 0 Å². The third-order valence-electron chi connectivity index (χ3n) is 2.03. The molecule has 1 unspecified atom stereocenters.